The van der Waals surface area contributed by atoms with Crippen LogP contribution >= 0.6 is 0 Å². The first-order valence-electron chi connectivity index (χ1n) is 8.33. The van der Waals surface area contributed by atoms with Crippen molar-refractivity contribution < 1.29 is 0 Å². The fraction of sp³-hybridized carbons (Fsp3) is 0.286. The van der Waals surface area contributed by atoms with Gasteiger partial charge >= 0.3 is 0 Å². The first kappa shape index (κ1) is 19.5. The van der Waals surface area contributed by atoms with Crippen LogP contribution in [0, 0.1) is 11.3 Å². The zero-order valence-electron chi connectivity index (χ0n) is 14.8. The SMILES string of the molecule is C=CNC(=N)C(/C=C(/C)C=C)=C/CC(C)CCNc1ccccc1. The Labute approximate surface area is 146 Å². The molecule has 3 nitrogen and oxygen atoms in total. The quantitative estimate of drug-likeness (QED) is 0.311. The van der Waals surface area contributed by atoms with Crippen LogP contribution in [0.3, 0.4) is 0 Å². The third kappa shape index (κ3) is 7.63. The van der Waals surface area contributed by atoms with Crippen molar-refractivity contribution in [1.82, 2.24) is 5.32 Å². The summed E-state index contributed by atoms with van der Waals surface area (Å²) in [5, 5.41) is 14.4. The van der Waals surface area contributed by atoms with Crippen LogP contribution in [0.1, 0.15) is 26.7 Å². The highest BCUT2D eigenvalue weighted by molar-refractivity contribution is 5.99. The van der Waals surface area contributed by atoms with Crippen LogP contribution in [0.25, 0.3) is 0 Å². The van der Waals surface area contributed by atoms with Crippen molar-refractivity contribution in [3.63, 3.8) is 0 Å². The lowest BCUT2D eigenvalue weighted by molar-refractivity contribution is 0.557. The molecular formula is C21H29N3. The van der Waals surface area contributed by atoms with Crippen molar-refractivity contribution in [2.45, 2.75) is 26.7 Å². The van der Waals surface area contributed by atoms with E-state index in [0.717, 1.165) is 36.2 Å². The smallest absolute Gasteiger partial charge is 0.129 e. The first-order chi connectivity index (χ1) is 11.6. The molecule has 0 amide bonds. The molecule has 0 saturated carbocycles. The summed E-state index contributed by atoms with van der Waals surface area (Å²) < 4.78 is 0. The number of para-hydroxylation sites is 1. The van der Waals surface area contributed by atoms with Crippen LogP contribution in [-0.4, -0.2) is 12.4 Å². The molecular weight excluding hydrogens is 294 g/mol. The molecule has 1 aromatic rings. The number of anilines is 1. The molecule has 3 heteroatoms. The molecule has 128 valence electrons. The minimum absolute atomic E-state index is 0.362. The average Bonchev–Trinajstić information content (AvgIpc) is 2.59. The maximum atomic E-state index is 8.07. The molecule has 0 aromatic heterocycles. The summed E-state index contributed by atoms with van der Waals surface area (Å²) in [6.45, 7) is 12.5. The molecule has 1 rings (SSSR count). The largest absolute Gasteiger partial charge is 0.385 e. The Hall–Kier alpha value is -2.55. The van der Waals surface area contributed by atoms with Gasteiger partial charge in [-0.25, -0.2) is 0 Å². The molecule has 0 aliphatic heterocycles. The molecule has 0 saturated heterocycles. The highest BCUT2D eigenvalue weighted by Crippen LogP contribution is 2.14. The van der Waals surface area contributed by atoms with Gasteiger partial charge in [-0.2, -0.15) is 0 Å². The van der Waals surface area contributed by atoms with Crippen LogP contribution in [-0.2, 0) is 0 Å². The predicted molar refractivity (Wildman–Crippen MR) is 106 cm³/mol. The van der Waals surface area contributed by atoms with Gasteiger partial charge in [-0.15, -0.1) is 0 Å². The Kier molecular flexibility index (Phi) is 8.98. The van der Waals surface area contributed by atoms with Crippen LogP contribution in [0.5, 0.6) is 0 Å². The minimum Gasteiger partial charge on any atom is -0.385 e. The number of rotatable bonds is 10. The zero-order valence-corrected chi connectivity index (χ0v) is 14.8. The first-order valence-corrected chi connectivity index (χ1v) is 8.33. The van der Waals surface area contributed by atoms with Gasteiger partial charge in [-0.3, -0.25) is 5.41 Å². The molecule has 1 unspecified atom stereocenters. The average molecular weight is 323 g/mol. The Morgan fingerprint density at radius 2 is 1.96 bits per heavy atom. The number of benzene rings is 1. The van der Waals surface area contributed by atoms with Crippen LogP contribution < -0.4 is 10.6 Å². The molecule has 1 atom stereocenters. The van der Waals surface area contributed by atoms with Crippen molar-refractivity contribution in [2.75, 3.05) is 11.9 Å². The lowest BCUT2D eigenvalue weighted by atomic mass is 10.0. The molecule has 24 heavy (non-hydrogen) atoms. The maximum absolute atomic E-state index is 8.07. The van der Waals surface area contributed by atoms with E-state index in [1.807, 2.05) is 31.2 Å². The zero-order chi connectivity index (χ0) is 17.8. The van der Waals surface area contributed by atoms with Crippen molar-refractivity contribution >= 4 is 11.5 Å². The van der Waals surface area contributed by atoms with Crippen LogP contribution in [0.4, 0.5) is 5.69 Å². The second kappa shape index (κ2) is 11.1. The summed E-state index contributed by atoms with van der Waals surface area (Å²) in [5.41, 5.74) is 3.06. The molecule has 0 aliphatic carbocycles. The predicted octanol–water partition coefficient (Wildman–Crippen LogP) is 5.28. The molecule has 0 heterocycles. The van der Waals surface area contributed by atoms with E-state index in [0.29, 0.717) is 11.8 Å². The van der Waals surface area contributed by atoms with Gasteiger partial charge in [0.15, 0.2) is 0 Å². The van der Waals surface area contributed by atoms with Gasteiger partial charge in [-0.05, 0) is 50.1 Å². The lowest BCUT2D eigenvalue weighted by Gasteiger charge is -2.12. The van der Waals surface area contributed by atoms with Crippen LogP contribution in [0.2, 0.25) is 0 Å². The molecule has 0 fully saturated rings. The fourth-order valence-electron chi connectivity index (χ4n) is 2.19. The second-order valence-electron chi connectivity index (χ2n) is 5.90. The highest BCUT2D eigenvalue weighted by Gasteiger charge is 2.04. The Morgan fingerprint density at radius 3 is 2.58 bits per heavy atom. The number of hydrogen-bond acceptors (Lipinski definition) is 2. The Balaban J connectivity index is 2.55. The second-order valence-corrected chi connectivity index (χ2v) is 5.90. The van der Waals surface area contributed by atoms with Gasteiger partial charge in [0, 0.05) is 17.8 Å². The summed E-state index contributed by atoms with van der Waals surface area (Å²) >= 11 is 0. The summed E-state index contributed by atoms with van der Waals surface area (Å²) in [5.74, 6) is 0.894. The molecule has 1 aromatic carbocycles. The van der Waals surface area contributed by atoms with Crippen molar-refractivity contribution in [2.24, 2.45) is 5.92 Å². The molecule has 0 radical (unpaired) electrons. The molecule has 3 N–H and O–H groups in total. The summed E-state index contributed by atoms with van der Waals surface area (Å²) in [7, 11) is 0. The van der Waals surface area contributed by atoms with Crippen molar-refractivity contribution in [1.29, 1.82) is 5.41 Å². The van der Waals surface area contributed by atoms with Gasteiger partial charge < -0.3 is 10.6 Å². The van der Waals surface area contributed by atoms with Gasteiger partial charge in [-0.1, -0.05) is 56.0 Å². The van der Waals surface area contributed by atoms with Crippen molar-refractivity contribution in [3.05, 3.63) is 79.1 Å². The maximum Gasteiger partial charge on any atom is 0.129 e. The normalized spacial score (nSPS) is 13.1. The van der Waals surface area contributed by atoms with Gasteiger partial charge in [0.1, 0.15) is 5.84 Å². The van der Waals surface area contributed by atoms with E-state index in [1.54, 1.807) is 6.08 Å². The lowest BCUT2D eigenvalue weighted by Crippen LogP contribution is -2.17. The number of amidine groups is 1. The summed E-state index contributed by atoms with van der Waals surface area (Å²) in [4.78, 5) is 0. The Morgan fingerprint density at radius 1 is 1.25 bits per heavy atom. The van der Waals surface area contributed by atoms with Crippen molar-refractivity contribution in [3.8, 4) is 0 Å². The minimum atomic E-state index is 0.362. The third-order valence-electron chi connectivity index (χ3n) is 3.72. The fourth-order valence-corrected chi connectivity index (χ4v) is 2.19. The summed E-state index contributed by atoms with van der Waals surface area (Å²) in [6, 6.07) is 10.2. The van der Waals surface area contributed by atoms with E-state index in [-0.39, 0.29) is 0 Å². The van der Waals surface area contributed by atoms with Gasteiger partial charge in [0.2, 0.25) is 0 Å². The molecule has 0 spiro atoms. The van der Waals surface area contributed by atoms with E-state index < -0.39 is 0 Å². The van der Waals surface area contributed by atoms with E-state index >= 15 is 0 Å². The van der Waals surface area contributed by atoms with E-state index in [2.05, 4.69) is 48.9 Å². The third-order valence-corrected chi connectivity index (χ3v) is 3.72. The highest BCUT2D eigenvalue weighted by atomic mass is 14.9. The van der Waals surface area contributed by atoms with Gasteiger partial charge in [0.25, 0.3) is 0 Å². The number of nitrogens with one attached hydrogen (secondary N) is 3. The number of allylic oxidation sites excluding steroid dienone is 3. The van der Waals surface area contributed by atoms with Gasteiger partial charge in [0.05, 0.1) is 0 Å². The van der Waals surface area contributed by atoms with E-state index in [1.165, 1.54) is 6.20 Å². The topological polar surface area (TPSA) is 47.9 Å². The molecule has 0 aliphatic rings. The Bertz CT molecular complexity index is 597. The molecule has 0 bridgehead atoms. The summed E-state index contributed by atoms with van der Waals surface area (Å²) in [6.07, 6.45) is 9.40. The van der Waals surface area contributed by atoms with E-state index in [9.17, 15) is 0 Å². The van der Waals surface area contributed by atoms with E-state index in [4.69, 9.17) is 5.41 Å². The number of hydrogen-bond donors (Lipinski definition) is 3. The monoisotopic (exact) mass is 323 g/mol. The standard InChI is InChI=1S/C21H29N3/c1-5-17(3)16-19(21(22)23-6-2)13-12-18(4)14-15-24-20-10-8-7-9-11-20/h5-11,13,16,18,24H,1-2,12,14-15H2,3-4H3,(H2,22,23)/b17-16-,19-13+. The van der Waals surface area contributed by atoms with Crippen LogP contribution in [0.15, 0.2) is 79.1 Å².